The summed E-state index contributed by atoms with van der Waals surface area (Å²) in [5.74, 6) is -0.222. The van der Waals surface area contributed by atoms with Crippen LogP contribution in [0.4, 0.5) is 0 Å². The van der Waals surface area contributed by atoms with Crippen molar-refractivity contribution in [2.45, 2.75) is 20.8 Å². The Morgan fingerprint density at radius 2 is 1.87 bits per heavy atom. The summed E-state index contributed by atoms with van der Waals surface area (Å²) >= 11 is 0. The van der Waals surface area contributed by atoms with Crippen LogP contribution in [0.2, 0.25) is 0 Å². The largest absolute Gasteiger partial charge is 0.294 e. The number of hydrogen-bond acceptors (Lipinski definition) is 3. The molecule has 0 bridgehead atoms. The first-order valence-electron chi connectivity index (χ1n) is 4.74. The summed E-state index contributed by atoms with van der Waals surface area (Å²) in [7, 11) is -3.15. The molecule has 1 aliphatic carbocycles. The van der Waals surface area contributed by atoms with E-state index in [1.54, 1.807) is 26.0 Å². The molecule has 1 rings (SSSR count). The number of Topliss-reactive ketones (excluding diaryl/α,β-unsaturated/α-hetero) is 1. The lowest BCUT2D eigenvalue weighted by molar-refractivity contribution is -0.121. The first kappa shape index (κ1) is 12.2. The minimum Gasteiger partial charge on any atom is -0.294 e. The Morgan fingerprint density at radius 1 is 1.33 bits per heavy atom. The van der Waals surface area contributed by atoms with E-state index in [-0.39, 0.29) is 11.5 Å². The standard InChI is InChI=1S/C11H16O3S/c1-8-5-9(2)10(12)11(3,6-8)7-15(4,13)14/h5-6H,7H2,1-4H3. The van der Waals surface area contributed by atoms with Gasteiger partial charge in [0, 0.05) is 6.26 Å². The average Bonchev–Trinajstić information content (AvgIpc) is 1.95. The van der Waals surface area contributed by atoms with Crippen molar-refractivity contribution in [1.82, 2.24) is 0 Å². The highest BCUT2D eigenvalue weighted by Gasteiger charge is 2.36. The Labute approximate surface area is 90.8 Å². The van der Waals surface area contributed by atoms with E-state index in [2.05, 4.69) is 0 Å². The van der Waals surface area contributed by atoms with Gasteiger partial charge in [-0.3, -0.25) is 4.79 Å². The number of ketones is 1. The van der Waals surface area contributed by atoms with Crippen molar-refractivity contribution in [1.29, 1.82) is 0 Å². The van der Waals surface area contributed by atoms with Gasteiger partial charge < -0.3 is 0 Å². The molecule has 1 atom stereocenters. The topological polar surface area (TPSA) is 51.2 Å². The molecule has 0 aromatic rings. The molecule has 0 saturated heterocycles. The smallest absolute Gasteiger partial charge is 0.169 e. The zero-order valence-corrected chi connectivity index (χ0v) is 10.3. The van der Waals surface area contributed by atoms with Gasteiger partial charge in [0.25, 0.3) is 0 Å². The van der Waals surface area contributed by atoms with Crippen LogP contribution in [0, 0.1) is 5.41 Å². The molecule has 0 N–H and O–H groups in total. The number of carbonyl (C=O) groups is 1. The van der Waals surface area contributed by atoms with Crippen molar-refractivity contribution >= 4 is 15.6 Å². The van der Waals surface area contributed by atoms with Crippen LogP contribution < -0.4 is 0 Å². The molecule has 1 unspecified atom stereocenters. The Balaban J connectivity index is 3.15. The number of allylic oxidation sites excluding steroid dienone is 4. The van der Waals surface area contributed by atoms with Crippen molar-refractivity contribution in [2.75, 3.05) is 12.0 Å². The van der Waals surface area contributed by atoms with Gasteiger partial charge in [0.05, 0.1) is 11.2 Å². The van der Waals surface area contributed by atoms with E-state index in [0.717, 1.165) is 11.8 Å². The van der Waals surface area contributed by atoms with E-state index in [9.17, 15) is 13.2 Å². The number of sulfone groups is 1. The maximum absolute atomic E-state index is 11.9. The van der Waals surface area contributed by atoms with E-state index in [1.807, 2.05) is 6.92 Å². The predicted molar refractivity (Wildman–Crippen MR) is 60.3 cm³/mol. The summed E-state index contributed by atoms with van der Waals surface area (Å²) in [6, 6.07) is 0. The molecular formula is C11H16O3S. The summed E-state index contributed by atoms with van der Waals surface area (Å²) in [6.07, 6.45) is 4.68. The van der Waals surface area contributed by atoms with Gasteiger partial charge in [-0.1, -0.05) is 17.7 Å². The van der Waals surface area contributed by atoms with Crippen molar-refractivity contribution in [2.24, 2.45) is 5.41 Å². The third-order valence-electron chi connectivity index (χ3n) is 2.43. The zero-order chi connectivity index (χ0) is 11.9. The SMILES string of the molecule is CC1=CC(C)(CS(C)(=O)=O)C(=O)C(C)=C1. The third-order valence-corrected chi connectivity index (χ3v) is 3.55. The highest BCUT2D eigenvalue weighted by atomic mass is 32.2. The Morgan fingerprint density at radius 3 is 2.33 bits per heavy atom. The lowest BCUT2D eigenvalue weighted by Crippen LogP contribution is -2.35. The van der Waals surface area contributed by atoms with Crippen molar-refractivity contribution in [3.05, 3.63) is 23.3 Å². The molecule has 0 heterocycles. The molecule has 15 heavy (non-hydrogen) atoms. The Bertz CT molecular complexity index is 454. The second-order valence-electron chi connectivity index (χ2n) is 4.53. The van der Waals surface area contributed by atoms with Gasteiger partial charge in [-0.15, -0.1) is 0 Å². The van der Waals surface area contributed by atoms with Crippen LogP contribution in [0.3, 0.4) is 0 Å². The predicted octanol–water partition coefficient (Wildman–Crippen LogP) is 1.51. The lowest BCUT2D eigenvalue weighted by Gasteiger charge is -2.27. The first-order valence-corrected chi connectivity index (χ1v) is 6.80. The lowest BCUT2D eigenvalue weighted by atomic mass is 9.79. The van der Waals surface area contributed by atoms with E-state index in [1.165, 1.54) is 0 Å². The molecule has 1 aliphatic rings. The van der Waals surface area contributed by atoms with E-state index in [0.29, 0.717) is 5.57 Å². The van der Waals surface area contributed by atoms with Crippen LogP contribution in [-0.4, -0.2) is 26.2 Å². The molecule has 0 spiro atoms. The second-order valence-corrected chi connectivity index (χ2v) is 6.67. The van der Waals surface area contributed by atoms with Gasteiger partial charge in [0.15, 0.2) is 5.78 Å². The molecule has 0 saturated carbocycles. The average molecular weight is 228 g/mol. The van der Waals surface area contributed by atoms with Crippen LogP contribution in [0.5, 0.6) is 0 Å². The van der Waals surface area contributed by atoms with Gasteiger partial charge in [-0.25, -0.2) is 8.42 Å². The monoisotopic (exact) mass is 228 g/mol. The molecule has 4 heteroatoms. The van der Waals surface area contributed by atoms with Gasteiger partial charge in [-0.05, 0) is 26.3 Å². The van der Waals surface area contributed by atoms with Crippen LogP contribution in [0.1, 0.15) is 20.8 Å². The summed E-state index contributed by atoms with van der Waals surface area (Å²) < 4.78 is 22.5. The molecule has 0 aromatic heterocycles. The van der Waals surface area contributed by atoms with Crippen LogP contribution in [-0.2, 0) is 14.6 Å². The normalized spacial score (nSPS) is 27.3. The highest BCUT2D eigenvalue weighted by molar-refractivity contribution is 7.90. The molecule has 84 valence electrons. The fourth-order valence-electron chi connectivity index (χ4n) is 2.12. The Hall–Kier alpha value is -0.900. The van der Waals surface area contributed by atoms with Gasteiger partial charge in [0.1, 0.15) is 9.84 Å². The van der Waals surface area contributed by atoms with Crippen molar-refractivity contribution < 1.29 is 13.2 Å². The molecule has 0 radical (unpaired) electrons. The van der Waals surface area contributed by atoms with Gasteiger partial charge >= 0.3 is 0 Å². The van der Waals surface area contributed by atoms with E-state index in [4.69, 9.17) is 0 Å². The minimum atomic E-state index is -3.15. The maximum Gasteiger partial charge on any atom is 0.169 e. The Kier molecular flexibility index (Phi) is 2.92. The van der Waals surface area contributed by atoms with Crippen molar-refractivity contribution in [3.8, 4) is 0 Å². The fourth-order valence-corrected chi connectivity index (χ4v) is 3.42. The summed E-state index contributed by atoms with van der Waals surface area (Å²) in [4.78, 5) is 11.9. The quantitative estimate of drug-likeness (QED) is 0.720. The van der Waals surface area contributed by atoms with Crippen LogP contribution in [0.15, 0.2) is 23.3 Å². The minimum absolute atomic E-state index is 0.0986. The third kappa shape index (κ3) is 2.78. The summed E-state index contributed by atoms with van der Waals surface area (Å²) in [5.41, 5.74) is 0.677. The van der Waals surface area contributed by atoms with Gasteiger partial charge in [-0.2, -0.15) is 0 Å². The highest BCUT2D eigenvalue weighted by Crippen LogP contribution is 2.31. The van der Waals surface area contributed by atoms with Gasteiger partial charge in [0.2, 0.25) is 0 Å². The number of carbonyl (C=O) groups excluding carboxylic acids is 1. The van der Waals surface area contributed by atoms with E-state index >= 15 is 0 Å². The molecule has 0 aliphatic heterocycles. The summed E-state index contributed by atoms with van der Waals surface area (Å²) in [5, 5.41) is 0. The molecule has 0 aromatic carbocycles. The number of hydrogen-bond donors (Lipinski definition) is 0. The number of rotatable bonds is 2. The molecular weight excluding hydrogens is 212 g/mol. The second kappa shape index (κ2) is 3.59. The maximum atomic E-state index is 11.9. The molecule has 3 nitrogen and oxygen atoms in total. The summed E-state index contributed by atoms with van der Waals surface area (Å²) in [6.45, 7) is 5.27. The first-order chi connectivity index (χ1) is 6.64. The molecule has 0 fully saturated rings. The van der Waals surface area contributed by atoms with Crippen LogP contribution >= 0.6 is 0 Å². The van der Waals surface area contributed by atoms with Crippen molar-refractivity contribution in [3.63, 3.8) is 0 Å². The zero-order valence-electron chi connectivity index (χ0n) is 9.49. The molecule has 0 amide bonds. The van der Waals surface area contributed by atoms with E-state index < -0.39 is 15.3 Å². The fraction of sp³-hybridized carbons (Fsp3) is 0.545. The van der Waals surface area contributed by atoms with Crippen LogP contribution in [0.25, 0.3) is 0 Å².